The molecule has 0 aliphatic heterocycles. The molecule has 0 atom stereocenters. The normalized spacial score (nSPS) is 13.1. The van der Waals surface area contributed by atoms with Crippen LogP contribution in [0.4, 0.5) is 5.00 Å². The Morgan fingerprint density at radius 2 is 1.93 bits per heavy atom. The molecule has 1 aromatic carbocycles. The third-order valence-corrected chi connectivity index (χ3v) is 5.60. The van der Waals surface area contributed by atoms with Gasteiger partial charge in [0.15, 0.2) is 6.61 Å². The third kappa shape index (κ3) is 4.75. The van der Waals surface area contributed by atoms with Crippen LogP contribution in [0.1, 0.15) is 52.0 Å². The zero-order valence-corrected chi connectivity index (χ0v) is 17.0. The fraction of sp³-hybridized carbons (Fsp3) is 0.316. The van der Waals surface area contributed by atoms with Crippen molar-refractivity contribution in [2.24, 2.45) is 0 Å². The maximum atomic E-state index is 12.3. The van der Waals surface area contributed by atoms with Gasteiger partial charge in [-0.3, -0.25) is 4.79 Å². The lowest BCUT2D eigenvalue weighted by atomic mass is 10.1. The second-order valence-corrected chi connectivity index (χ2v) is 7.73. The highest BCUT2D eigenvalue weighted by molar-refractivity contribution is 9.10. The molecule has 1 heterocycles. The average Bonchev–Trinajstić information content (AvgIpc) is 3.41. The molecule has 1 fully saturated rings. The summed E-state index contributed by atoms with van der Waals surface area (Å²) >= 11 is 4.55. The number of halogens is 1. The smallest absolute Gasteiger partial charge is 0.341 e. The van der Waals surface area contributed by atoms with Crippen molar-refractivity contribution in [1.82, 2.24) is 0 Å². The van der Waals surface area contributed by atoms with Gasteiger partial charge < -0.3 is 14.8 Å². The van der Waals surface area contributed by atoms with E-state index < -0.39 is 24.5 Å². The van der Waals surface area contributed by atoms with Crippen LogP contribution < -0.4 is 5.32 Å². The van der Waals surface area contributed by atoms with Crippen LogP contribution in [0.5, 0.6) is 0 Å². The first kappa shape index (κ1) is 19.6. The number of carbonyl (C=O) groups excluding carboxylic acids is 3. The fourth-order valence-electron chi connectivity index (χ4n) is 2.57. The number of nitrogens with one attached hydrogen (secondary N) is 1. The molecule has 27 heavy (non-hydrogen) atoms. The van der Waals surface area contributed by atoms with Gasteiger partial charge in [0.2, 0.25) is 0 Å². The van der Waals surface area contributed by atoms with Crippen molar-refractivity contribution in [3.8, 4) is 0 Å². The lowest BCUT2D eigenvalue weighted by Crippen LogP contribution is -2.22. The third-order valence-electron chi connectivity index (χ3n) is 4.00. The maximum Gasteiger partial charge on any atom is 0.341 e. The van der Waals surface area contributed by atoms with Crippen LogP contribution in [0.3, 0.4) is 0 Å². The van der Waals surface area contributed by atoms with Crippen LogP contribution >= 0.6 is 27.3 Å². The minimum atomic E-state index is -0.604. The van der Waals surface area contributed by atoms with Gasteiger partial charge in [-0.2, -0.15) is 0 Å². The van der Waals surface area contributed by atoms with Crippen LogP contribution in [0, 0.1) is 0 Å². The van der Waals surface area contributed by atoms with E-state index in [1.165, 1.54) is 11.3 Å². The number of rotatable bonds is 7. The molecule has 1 N–H and O–H groups in total. The summed E-state index contributed by atoms with van der Waals surface area (Å²) in [5.41, 5.74) is 1.67. The summed E-state index contributed by atoms with van der Waals surface area (Å²) in [5.74, 6) is -1.21. The highest BCUT2D eigenvalue weighted by atomic mass is 79.9. The molecule has 3 rings (SSSR count). The Balaban J connectivity index is 1.65. The number of ether oxygens (including phenoxy) is 2. The number of esters is 2. The van der Waals surface area contributed by atoms with Crippen LogP contribution in [0.15, 0.2) is 34.1 Å². The number of hydrogen-bond donors (Lipinski definition) is 1. The molecule has 1 saturated carbocycles. The van der Waals surface area contributed by atoms with E-state index in [0.29, 0.717) is 26.5 Å². The number of carbonyl (C=O) groups is 3. The van der Waals surface area contributed by atoms with Gasteiger partial charge in [0, 0.05) is 4.47 Å². The molecular weight excluding hydrogens is 434 g/mol. The van der Waals surface area contributed by atoms with Crippen LogP contribution in [0.25, 0.3) is 0 Å². The standard InChI is InChI=1S/C19H18BrNO5S/c1-2-25-19(24)16-13(11-7-8-11)10-27-17(16)21-15(22)9-26-18(23)12-5-3-4-6-14(12)20/h3-6,10-11H,2,7-9H2,1H3,(H,21,22). The monoisotopic (exact) mass is 451 g/mol. The van der Waals surface area contributed by atoms with Crippen molar-refractivity contribution >= 4 is 50.1 Å². The molecular formula is C19H18BrNO5S. The van der Waals surface area contributed by atoms with Crippen molar-refractivity contribution in [2.75, 3.05) is 18.5 Å². The van der Waals surface area contributed by atoms with Gasteiger partial charge in [0.1, 0.15) is 5.00 Å². The average molecular weight is 452 g/mol. The van der Waals surface area contributed by atoms with Crippen LogP contribution in [-0.4, -0.2) is 31.1 Å². The van der Waals surface area contributed by atoms with E-state index >= 15 is 0 Å². The summed E-state index contributed by atoms with van der Waals surface area (Å²) < 4.78 is 10.8. The van der Waals surface area contributed by atoms with Gasteiger partial charge in [-0.1, -0.05) is 12.1 Å². The van der Waals surface area contributed by atoms with Gasteiger partial charge in [-0.05, 0) is 64.7 Å². The summed E-state index contributed by atoms with van der Waals surface area (Å²) in [5, 5.41) is 4.97. The second-order valence-electron chi connectivity index (χ2n) is 5.99. The molecule has 0 spiro atoms. The lowest BCUT2D eigenvalue weighted by molar-refractivity contribution is -0.119. The van der Waals surface area contributed by atoms with Crippen molar-refractivity contribution in [2.45, 2.75) is 25.7 Å². The quantitative estimate of drug-likeness (QED) is 0.632. The summed E-state index contributed by atoms with van der Waals surface area (Å²) in [6.07, 6.45) is 2.06. The van der Waals surface area contributed by atoms with Crippen molar-refractivity contribution in [1.29, 1.82) is 0 Å². The molecule has 0 saturated heterocycles. The molecule has 142 valence electrons. The zero-order valence-electron chi connectivity index (χ0n) is 14.6. The first-order valence-corrected chi connectivity index (χ1v) is 10.2. The first-order valence-electron chi connectivity index (χ1n) is 8.51. The molecule has 1 aromatic heterocycles. The largest absolute Gasteiger partial charge is 0.462 e. The number of thiophene rings is 1. The Kier molecular flexibility index (Phi) is 6.28. The van der Waals surface area contributed by atoms with Crippen molar-refractivity contribution in [3.63, 3.8) is 0 Å². The highest BCUT2D eigenvalue weighted by Crippen LogP contribution is 2.46. The molecule has 0 unspecified atom stereocenters. The lowest BCUT2D eigenvalue weighted by Gasteiger charge is -2.09. The summed E-state index contributed by atoms with van der Waals surface area (Å²) in [7, 11) is 0. The van der Waals surface area contributed by atoms with Crippen molar-refractivity contribution in [3.05, 3.63) is 50.8 Å². The molecule has 0 radical (unpaired) electrons. The Morgan fingerprint density at radius 3 is 2.59 bits per heavy atom. The zero-order chi connectivity index (χ0) is 19.4. The van der Waals surface area contributed by atoms with Crippen LogP contribution in [-0.2, 0) is 14.3 Å². The Morgan fingerprint density at radius 1 is 1.19 bits per heavy atom. The first-order chi connectivity index (χ1) is 13.0. The van der Waals surface area contributed by atoms with Gasteiger partial charge in [0.05, 0.1) is 17.7 Å². The van der Waals surface area contributed by atoms with Crippen molar-refractivity contribution < 1.29 is 23.9 Å². The summed E-state index contributed by atoms with van der Waals surface area (Å²) in [6.45, 7) is 1.55. The molecule has 0 bridgehead atoms. The number of anilines is 1. The minimum Gasteiger partial charge on any atom is -0.462 e. The molecule has 2 aromatic rings. The van der Waals surface area contributed by atoms with Gasteiger partial charge in [-0.15, -0.1) is 11.3 Å². The maximum absolute atomic E-state index is 12.3. The van der Waals surface area contributed by atoms with E-state index in [0.717, 1.165) is 18.4 Å². The van der Waals surface area contributed by atoms with E-state index in [9.17, 15) is 14.4 Å². The van der Waals surface area contributed by atoms with Gasteiger partial charge in [-0.25, -0.2) is 9.59 Å². The van der Waals surface area contributed by atoms with Crippen LogP contribution in [0.2, 0.25) is 0 Å². The number of benzene rings is 1. The minimum absolute atomic E-state index is 0.260. The van der Waals surface area contributed by atoms with Gasteiger partial charge >= 0.3 is 11.9 Å². The summed E-state index contributed by atoms with van der Waals surface area (Å²) in [6, 6.07) is 6.80. The molecule has 1 aliphatic carbocycles. The fourth-order valence-corrected chi connectivity index (χ4v) is 4.06. The Hall–Kier alpha value is -2.19. The SMILES string of the molecule is CCOC(=O)c1c(C2CC2)csc1NC(=O)COC(=O)c1ccccc1Br. The van der Waals surface area contributed by atoms with E-state index in [4.69, 9.17) is 9.47 Å². The molecule has 6 nitrogen and oxygen atoms in total. The number of amides is 1. The molecule has 1 aliphatic rings. The van der Waals surface area contributed by atoms with Gasteiger partial charge in [0.25, 0.3) is 5.91 Å². The topological polar surface area (TPSA) is 81.7 Å². The Bertz CT molecular complexity index is 875. The Labute approximate surface area is 169 Å². The van der Waals surface area contributed by atoms with E-state index in [1.807, 2.05) is 5.38 Å². The molecule has 8 heteroatoms. The predicted octanol–water partition coefficient (Wildman–Crippen LogP) is 4.36. The predicted molar refractivity (Wildman–Crippen MR) is 105 cm³/mol. The van der Waals surface area contributed by atoms with E-state index in [2.05, 4.69) is 21.2 Å². The number of hydrogen-bond acceptors (Lipinski definition) is 6. The summed E-state index contributed by atoms with van der Waals surface area (Å²) in [4.78, 5) is 36.6. The van der Waals surface area contributed by atoms with E-state index in [1.54, 1.807) is 31.2 Å². The molecule has 1 amide bonds. The highest BCUT2D eigenvalue weighted by Gasteiger charge is 2.32. The second kappa shape index (κ2) is 8.67. The van der Waals surface area contributed by atoms with E-state index in [-0.39, 0.29) is 6.61 Å².